The molecule has 1 aromatic carbocycles. The van der Waals surface area contributed by atoms with Gasteiger partial charge in [0, 0.05) is 29.8 Å². The zero-order chi connectivity index (χ0) is 14.9. The van der Waals surface area contributed by atoms with E-state index in [0.29, 0.717) is 5.82 Å². The molecule has 0 unspecified atom stereocenters. The first-order valence-corrected chi connectivity index (χ1v) is 5.93. The Hall–Kier alpha value is -2.31. The predicted octanol–water partition coefficient (Wildman–Crippen LogP) is 3.34. The van der Waals surface area contributed by atoms with Gasteiger partial charge >= 0.3 is 0 Å². The molecule has 0 aliphatic carbocycles. The average molecular weight is 282 g/mol. The second-order valence-corrected chi connectivity index (χ2v) is 4.57. The van der Waals surface area contributed by atoms with E-state index in [1.807, 2.05) is 13.8 Å². The number of halogens is 3. The summed E-state index contributed by atoms with van der Waals surface area (Å²) in [7, 11) is 0. The molecule has 3 N–H and O–H groups in total. The van der Waals surface area contributed by atoms with Gasteiger partial charge in [-0.05, 0) is 0 Å². The number of benzene rings is 1. The predicted molar refractivity (Wildman–Crippen MR) is 70.1 cm³/mol. The first-order valence-electron chi connectivity index (χ1n) is 5.93. The number of aromatic nitrogens is 2. The summed E-state index contributed by atoms with van der Waals surface area (Å²) in [5, 5.41) is 2.67. The van der Waals surface area contributed by atoms with Crippen molar-refractivity contribution < 1.29 is 13.2 Å². The van der Waals surface area contributed by atoms with Crippen molar-refractivity contribution >= 4 is 17.3 Å². The van der Waals surface area contributed by atoms with Crippen LogP contribution < -0.4 is 11.1 Å². The van der Waals surface area contributed by atoms with Crippen molar-refractivity contribution in [2.75, 3.05) is 11.1 Å². The zero-order valence-corrected chi connectivity index (χ0v) is 10.9. The molecule has 20 heavy (non-hydrogen) atoms. The Balaban J connectivity index is 2.35. The molecule has 0 saturated carbocycles. The number of hydrogen-bond donors (Lipinski definition) is 2. The van der Waals surface area contributed by atoms with Gasteiger partial charge in [-0.25, -0.2) is 23.1 Å². The highest BCUT2D eigenvalue weighted by atomic mass is 19.2. The van der Waals surface area contributed by atoms with Gasteiger partial charge < -0.3 is 11.1 Å². The van der Waals surface area contributed by atoms with Crippen molar-refractivity contribution in [3.63, 3.8) is 0 Å². The highest BCUT2D eigenvalue weighted by Crippen LogP contribution is 2.22. The van der Waals surface area contributed by atoms with Crippen LogP contribution in [0.5, 0.6) is 0 Å². The van der Waals surface area contributed by atoms with Crippen molar-refractivity contribution in [3.05, 3.63) is 41.5 Å². The number of nitrogens with one attached hydrogen (secondary N) is 1. The standard InChI is InChI=1S/C13H13F3N4/c1-6(2)13-19-10(17)5-11(20-13)18-7-3-8(14)12(16)9(15)4-7/h3-6H,1-2H3,(H3,17,18,19,20). The van der Waals surface area contributed by atoms with Crippen LogP contribution in [-0.2, 0) is 0 Å². The van der Waals surface area contributed by atoms with E-state index in [9.17, 15) is 13.2 Å². The van der Waals surface area contributed by atoms with Crippen molar-refractivity contribution in [1.29, 1.82) is 0 Å². The molecule has 106 valence electrons. The average Bonchev–Trinajstić information content (AvgIpc) is 2.35. The van der Waals surface area contributed by atoms with E-state index in [2.05, 4.69) is 15.3 Å². The minimum absolute atomic E-state index is 0.0363. The monoisotopic (exact) mass is 282 g/mol. The molecule has 0 atom stereocenters. The van der Waals surface area contributed by atoms with Gasteiger partial charge in [-0.3, -0.25) is 0 Å². The summed E-state index contributed by atoms with van der Waals surface area (Å²) in [5.74, 6) is -3.02. The maximum absolute atomic E-state index is 13.1. The largest absolute Gasteiger partial charge is 0.384 e. The van der Waals surface area contributed by atoms with E-state index in [-0.39, 0.29) is 23.2 Å². The van der Waals surface area contributed by atoms with Crippen molar-refractivity contribution in [1.82, 2.24) is 9.97 Å². The fourth-order valence-electron chi connectivity index (χ4n) is 1.58. The van der Waals surface area contributed by atoms with Crippen LogP contribution in [0.2, 0.25) is 0 Å². The Bertz CT molecular complexity index is 621. The van der Waals surface area contributed by atoms with E-state index >= 15 is 0 Å². The summed E-state index contributed by atoms with van der Waals surface area (Å²) in [5.41, 5.74) is 5.67. The van der Waals surface area contributed by atoms with Crippen LogP contribution in [0.3, 0.4) is 0 Å². The molecule has 0 aliphatic rings. The van der Waals surface area contributed by atoms with Crippen LogP contribution in [0.4, 0.5) is 30.5 Å². The van der Waals surface area contributed by atoms with Gasteiger partial charge in [0.15, 0.2) is 17.5 Å². The fourth-order valence-corrected chi connectivity index (χ4v) is 1.58. The van der Waals surface area contributed by atoms with Gasteiger partial charge in [-0.15, -0.1) is 0 Å². The molecule has 0 fully saturated rings. The molecule has 1 aromatic heterocycles. The van der Waals surface area contributed by atoms with Gasteiger partial charge in [0.1, 0.15) is 17.5 Å². The Morgan fingerprint density at radius 2 is 1.65 bits per heavy atom. The number of nitrogens with two attached hydrogens (primary N) is 1. The smallest absolute Gasteiger partial charge is 0.194 e. The molecule has 0 radical (unpaired) electrons. The lowest BCUT2D eigenvalue weighted by Crippen LogP contribution is -2.05. The van der Waals surface area contributed by atoms with E-state index in [4.69, 9.17) is 5.73 Å². The summed E-state index contributed by atoms with van der Waals surface area (Å²) >= 11 is 0. The maximum atomic E-state index is 13.1. The van der Waals surface area contributed by atoms with Crippen LogP contribution >= 0.6 is 0 Å². The number of hydrogen-bond acceptors (Lipinski definition) is 4. The second-order valence-electron chi connectivity index (χ2n) is 4.57. The highest BCUT2D eigenvalue weighted by molar-refractivity contribution is 5.58. The molecule has 1 heterocycles. The van der Waals surface area contributed by atoms with Crippen molar-refractivity contribution in [2.45, 2.75) is 19.8 Å². The molecule has 7 heteroatoms. The quantitative estimate of drug-likeness (QED) is 0.847. The fraction of sp³-hybridized carbons (Fsp3) is 0.231. The van der Waals surface area contributed by atoms with Gasteiger partial charge in [-0.1, -0.05) is 13.8 Å². The summed E-state index contributed by atoms with van der Waals surface area (Å²) in [6.45, 7) is 3.77. The SMILES string of the molecule is CC(C)c1nc(N)cc(Nc2cc(F)c(F)c(F)c2)n1. The van der Waals surface area contributed by atoms with E-state index in [1.54, 1.807) is 0 Å². The number of rotatable bonds is 3. The normalized spacial score (nSPS) is 10.9. The van der Waals surface area contributed by atoms with Gasteiger partial charge in [-0.2, -0.15) is 0 Å². The van der Waals surface area contributed by atoms with Crippen LogP contribution in [0.25, 0.3) is 0 Å². The topological polar surface area (TPSA) is 63.8 Å². The molecule has 0 bridgehead atoms. The number of nitrogen functional groups attached to an aromatic ring is 1. The molecule has 2 aromatic rings. The molecule has 0 amide bonds. The summed E-state index contributed by atoms with van der Waals surface area (Å²) in [4.78, 5) is 8.21. The molecule has 2 rings (SSSR count). The minimum atomic E-state index is -1.51. The molecule has 4 nitrogen and oxygen atoms in total. The summed E-state index contributed by atoms with van der Waals surface area (Å²) in [6.07, 6.45) is 0. The second kappa shape index (κ2) is 5.36. The Morgan fingerprint density at radius 3 is 2.20 bits per heavy atom. The van der Waals surface area contributed by atoms with Crippen LogP contribution in [-0.4, -0.2) is 9.97 Å². The molecular formula is C13H13F3N4. The minimum Gasteiger partial charge on any atom is -0.384 e. The number of anilines is 3. The lowest BCUT2D eigenvalue weighted by molar-refractivity contribution is 0.448. The summed E-state index contributed by atoms with van der Waals surface area (Å²) < 4.78 is 39.1. The van der Waals surface area contributed by atoms with Crippen LogP contribution in [0.15, 0.2) is 18.2 Å². The van der Waals surface area contributed by atoms with Crippen LogP contribution in [0, 0.1) is 17.5 Å². The van der Waals surface area contributed by atoms with Gasteiger partial charge in [0.25, 0.3) is 0 Å². The Morgan fingerprint density at radius 1 is 1.05 bits per heavy atom. The van der Waals surface area contributed by atoms with Crippen molar-refractivity contribution in [2.24, 2.45) is 0 Å². The third kappa shape index (κ3) is 2.98. The molecule has 0 saturated heterocycles. The third-order valence-corrected chi connectivity index (χ3v) is 2.54. The lowest BCUT2D eigenvalue weighted by Gasteiger charge is -2.10. The first kappa shape index (κ1) is 14.1. The molecule has 0 aliphatic heterocycles. The number of nitrogens with zero attached hydrogens (tertiary/aromatic N) is 2. The highest BCUT2D eigenvalue weighted by Gasteiger charge is 2.12. The summed E-state index contributed by atoms with van der Waals surface area (Å²) in [6, 6.07) is 3.10. The molecular weight excluding hydrogens is 269 g/mol. The first-order chi connectivity index (χ1) is 9.36. The van der Waals surface area contributed by atoms with Gasteiger partial charge in [0.2, 0.25) is 0 Å². The lowest BCUT2D eigenvalue weighted by atomic mass is 10.2. The Kier molecular flexibility index (Phi) is 3.78. The van der Waals surface area contributed by atoms with Crippen LogP contribution in [0.1, 0.15) is 25.6 Å². The van der Waals surface area contributed by atoms with Gasteiger partial charge in [0.05, 0.1) is 0 Å². The zero-order valence-electron chi connectivity index (χ0n) is 10.9. The van der Waals surface area contributed by atoms with E-state index in [1.165, 1.54) is 6.07 Å². The van der Waals surface area contributed by atoms with E-state index in [0.717, 1.165) is 12.1 Å². The third-order valence-electron chi connectivity index (χ3n) is 2.54. The van der Waals surface area contributed by atoms with Crippen molar-refractivity contribution in [3.8, 4) is 0 Å². The Labute approximate surface area is 113 Å². The molecule has 0 spiro atoms. The maximum Gasteiger partial charge on any atom is 0.194 e. The van der Waals surface area contributed by atoms with E-state index < -0.39 is 17.5 Å².